The van der Waals surface area contributed by atoms with Gasteiger partial charge in [-0.3, -0.25) is 9.80 Å². The molecular weight excluding hydrogens is 532 g/mol. The minimum atomic E-state index is -0.746. The number of methoxy groups -OCH3 is 1. The molecule has 0 spiro atoms. The number of rotatable bonds is 14. The molecule has 3 rings (SSSR count). The quantitative estimate of drug-likeness (QED) is 0.265. The lowest BCUT2D eigenvalue weighted by molar-refractivity contribution is -0.139. The summed E-state index contributed by atoms with van der Waals surface area (Å²) >= 11 is 6.57. The molecule has 1 saturated heterocycles. The van der Waals surface area contributed by atoms with Gasteiger partial charge in [0, 0.05) is 56.5 Å². The molecule has 0 amide bonds. The lowest BCUT2D eigenvalue weighted by Gasteiger charge is -2.35. The SMILES string of the molecule is CCOC(=O)C1=C(COCCN2CCN(CCN(CC)CC)CC2)NC(C)=C(C(=O)OC)C1c1ccccc1Cl. The van der Waals surface area contributed by atoms with Crippen molar-refractivity contribution in [2.45, 2.75) is 33.6 Å². The van der Waals surface area contributed by atoms with Gasteiger partial charge in [-0.25, -0.2) is 9.59 Å². The van der Waals surface area contributed by atoms with Crippen molar-refractivity contribution in [3.8, 4) is 0 Å². The molecule has 2 aliphatic rings. The number of ether oxygens (including phenoxy) is 3. The number of halogens is 1. The Labute approximate surface area is 244 Å². The fourth-order valence-electron chi connectivity index (χ4n) is 5.29. The second-order valence-corrected chi connectivity index (χ2v) is 10.4. The van der Waals surface area contributed by atoms with Gasteiger partial charge < -0.3 is 24.4 Å². The van der Waals surface area contributed by atoms with Gasteiger partial charge in [-0.15, -0.1) is 0 Å². The maximum Gasteiger partial charge on any atom is 0.336 e. The van der Waals surface area contributed by atoms with Crippen molar-refractivity contribution in [3.63, 3.8) is 0 Å². The second kappa shape index (κ2) is 16.1. The number of allylic oxidation sites excluding steroid dienone is 1. The number of benzene rings is 1. The summed E-state index contributed by atoms with van der Waals surface area (Å²) in [6, 6.07) is 7.19. The van der Waals surface area contributed by atoms with Gasteiger partial charge in [0.25, 0.3) is 0 Å². The first-order valence-electron chi connectivity index (χ1n) is 14.3. The van der Waals surface area contributed by atoms with Crippen LogP contribution in [0.4, 0.5) is 0 Å². The van der Waals surface area contributed by atoms with E-state index < -0.39 is 17.9 Å². The Morgan fingerprint density at radius 1 is 1.00 bits per heavy atom. The monoisotopic (exact) mass is 576 g/mol. The highest BCUT2D eigenvalue weighted by atomic mass is 35.5. The fraction of sp³-hybridized carbons (Fsp3) is 0.600. The predicted molar refractivity (Wildman–Crippen MR) is 157 cm³/mol. The molecule has 1 aromatic rings. The van der Waals surface area contributed by atoms with E-state index in [0.717, 1.165) is 58.9 Å². The molecule has 40 heavy (non-hydrogen) atoms. The van der Waals surface area contributed by atoms with E-state index in [2.05, 4.69) is 33.9 Å². The van der Waals surface area contributed by atoms with E-state index in [1.165, 1.54) is 7.11 Å². The Morgan fingerprint density at radius 2 is 1.65 bits per heavy atom. The molecule has 0 aliphatic carbocycles. The second-order valence-electron chi connectivity index (χ2n) is 9.99. The van der Waals surface area contributed by atoms with Crippen LogP contribution in [0.2, 0.25) is 5.02 Å². The van der Waals surface area contributed by atoms with Crippen molar-refractivity contribution in [3.05, 3.63) is 57.4 Å². The van der Waals surface area contributed by atoms with E-state index >= 15 is 0 Å². The molecule has 222 valence electrons. The van der Waals surface area contributed by atoms with Crippen LogP contribution in [0.15, 0.2) is 46.8 Å². The molecule has 2 aliphatic heterocycles. The third-order valence-electron chi connectivity index (χ3n) is 7.65. The lowest BCUT2D eigenvalue weighted by atomic mass is 9.80. The van der Waals surface area contributed by atoms with Crippen LogP contribution in [0.3, 0.4) is 0 Å². The summed E-state index contributed by atoms with van der Waals surface area (Å²) in [5.41, 5.74) is 2.41. The molecule has 1 N–H and O–H groups in total. The van der Waals surface area contributed by atoms with Crippen LogP contribution in [-0.2, 0) is 23.8 Å². The molecule has 2 heterocycles. The Morgan fingerprint density at radius 3 is 2.25 bits per heavy atom. The van der Waals surface area contributed by atoms with Crippen molar-refractivity contribution in [1.29, 1.82) is 0 Å². The number of nitrogens with zero attached hydrogens (tertiary/aromatic N) is 3. The maximum absolute atomic E-state index is 13.3. The number of hydrogen-bond donors (Lipinski definition) is 1. The minimum absolute atomic E-state index is 0.171. The predicted octanol–water partition coefficient (Wildman–Crippen LogP) is 3.27. The van der Waals surface area contributed by atoms with Crippen LogP contribution in [0.5, 0.6) is 0 Å². The van der Waals surface area contributed by atoms with Crippen molar-refractivity contribution >= 4 is 23.5 Å². The highest BCUT2D eigenvalue weighted by Gasteiger charge is 2.39. The zero-order valence-electron chi connectivity index (χ0n) is 24.6. The number of dihydropyridines is 1. The number of likely N-dealkylation sites (N-methyl/N-ethyl adjacent to an activating group) is 1. The molecule has 9 nitrogen and oxygen atoms in total. The van der Waals surface area contributed by atoms with Gasteiger partial charge in [0.15, 0.2) is 0 Å². The average Bonchev–Trinajstić information content (AvgIpc) is 2.96. The molecule has 0 aromatic heterocycles. The Kier molecular flexibility index (Phi) is 12.9. The van der Waals surface area contributed by atoms with Crippen LogP contribution >= 0.6 is 11.6 Å². The van der Waals surface area contributed by atoms with Gasteiger partial charge in [-0.2, -0.15) is 0 Å². The van der Waals surface area contributed by atoms with E-state index in [0.29, 0.717) is 39.7 Å². The van der Waals surface area contributed by atoms with E-state index in [9.17, 15) is 9.59 Å². The summed E-state index contributed by atoms with van der Waals surface area (Å²) in [5.74, 6) is -1.80. The first-order valence-corrected chi connectivity index (χ1v) is 14.7. The largest absolute Gasteiger partial charge is 0.466 e. The Hall–Kier alpha value is -2.43. The van der Waals surface area contributed by atoms with E-state index in [1.54, 1.807) is 19.9 Å². The standard InChI is InChI=1S/C30H45ClN4O5/c1-6-33(7-2)13-14-34-15-17-35(18-16-34)19-20-39-21-25-28(30(37)40-8-3)27(23-11-9-10-12-24(23)31)26(22(4)32-25)29(36)38-5/h9-12,27,32H,6-8,13-21H2,1-5H3. The topological polar surface area (TPSA) is 83.6 Å². The molecule has 10 heteroatoms. The summed E-state index contributed by atoms with van der Waals surface area (Å²) < 4.78 is 16.6. The first-order chi connectivity index (χ1) is 19.3. The number of nitrogens with one attached hydrogen (secondary N) is 1. The molecule has 1 aromatic carbocycles. The van der Waals surface area contributed by atoms with Gasteiger partial charge >= 0.3 is 11.9 Å². The van der Waals surface area contributed by atoms with Crippen LogP contribution in [-0.4, -0.2) is 112 Å². The molecule has 1 fully saturated rings. The summed E-state index contributed by atoms with van der Waals surface area (Å²) in [6.07, 6.45) is 0. The summed E-state index contributed by atoms with van der Waals surface area (Å²) in [7, 11) is 1.32. The Bertz CT molecular complexity index is 1060. The minimum Gasteiger partial charge on any atom is -0.466 e. The summed E-state index contributed by atoms with van der Waals surface area (Å²) in [4.78, 5) is 33.6. The van der Waals surface area contributed by atoms with Crippen molar-refractivity contribution in [2.24, 2.45) is 0 Å². The van der Waals surface area contributed by atoms with Crippen LogP contribution in [0.1, 0.15) is 39.2 Å². The smallest absolute Gasteiger partial charge is 0.336 e. The molecule has 0 radical (unpaired) electrons. The van der Waals surface area contributed by atoms with Crippen molar-refractivity contribution in [1.82, 2.24) is 20.0 Å². The van der Waals surface area contributed by atoms with Gasteiger partial charge in [-0.1, -0.05) is 43.6 Å². The average molecular weight is 577 g/mol. The molecular formula is C30H45ClN4O5. The van der Waals surface area contributed by atoms with Crippen LogP contribution in [0, 0.1) is 0 Å². The van der Waals surface area contributed by atoms with Crippen molar-refractivity contribution in [2.75, 3.05) is 85.8 Å². The van der Waals surface area contributed by atoms with Crippen LogP contribution < -0.4 is 5.32 Å². The third kappa shape index (κ3) is 8.30. The summed E-state index contributed by atoms with van der Waals surface area (Å²) in [5, 5.41) is 3.68. The third-order valence-corrected chi connectivity index (χ3v) is 8.00. The molecule has 1 atom stereocenters. The number of carbonyl (C=O) groups is 2. The van der Waals surface area contributed by atoms with E-state index in [-0.39, 0.29) is 13.2 Å². The zero-order chi connectivity index (χ0) is 29.1. The number of esters is 2. The van der Waals surface area contributed by atoms with Crippen molar-refractivity contribution < 1.29 is 23.8 Å². The normalized spacial score (nSPS) is 18.7. The van der Waals surface area contributed by atoms with Gasteiger partial charge in [0.1, 0.15) is 0 Å². The summed E-state index contributed by atoms with van der Waals surface area (Å²) in [6.45, 7) is 18.2. The highest BCUT2D eigenvalue weighted by Crippen LogP contribution is 2.41. The molecule has 0 bridgehead atoms. The zero-order valence-corrected chi connectivity index (χ0v) is 25.4. The van der Waals surface area contributed by atoms with E-state index in [4.69, 9.17) is 25.8 Å². The highest BCUT2D eigenvalue weighted by molar-refractivity contribution is 6.31. The lowest BCUT2D eigenvalue weighted by Crippen LogP contribution is -2.49. The molecule has 1 unspecified atom stereocenters. The number of hydrogen-bond acceptors (Lipinski definition) is 9. The van der Waals surface area contributed by atoms with E-state index in [1.807, 2.05) is 18.2 Å². The first kappa shape index (κ1) is 32.1. The van der Waals surface area contributed by atoms with Gasteiger partial charge in [0.05, 0.1) is 49.7 Å². The van der Waals surface area contributed by atoms with Gasteiger partial charge in [-0.05, 0) is 38.6 Å². The van der Waals surface area contributed by atoms with Crippen LogP contribution in [0.25, 0.3) is 0 Å². The van der Waals surface area contributed by atoms with Gasteiger partial charge in [0.2, 0.25) is 0 Å². The Balaban J connectivity index is 1.68. The number of piperazine rings is 1. The molecule has 0 saturated carbocycles. The maximum atomic E-state index is 13.3. The fourth-order valence-corrected chi connectivity index (χ4v) is 5.53. The number of carbonyl (C=O) groups excluding carboxylic acids is 2.